The van der Waals surface area contributed by atoms with Gasteiger partial charge in [0.25, 0.3) is 0 Å². The Hall–Kier alpha value is -1.10. The van der Waals surface area contributed by atoms with E-state index in [-0.39, 0.29) is 0 Å². The average molecular weight is 226 g/mol. The zero-order valence-corrected chi connectivity index (χ0v) is 7.28. The maximum Gasteiger partial charge on any atom is 0.335 e. The van der Waals surface area contributed by atoms with Crippen LogP contribution in [-0.4, -0.2) is 61.4 Å². The lowest BCUT2D eigenvalue weighted by molar-refractivity contribution is -0.214. The molecule has 0 aromatic heterocycles. The maximum absolute atomic E-state index is 10.5. The molecule has 4 atom stereocenters. The van der Waals surface area contributed by atoms with Gasteiger partial charge in [0, 0.05) is 0 Å². The largest absolute Gasteiger partial charge is 0.479 e. The summed E-state index contributed by atoms with van der Waals surface area (Å²) in [6.07, 6.45) is -5.71. The molecule has 0 aliphatic rings. The number of aldehydes is 1. The summed E-state index contributed by atoms with van der Waals surface area (Å²) in [6, 6.07) is 0. The zero-order valence-electron chi connectivity index (χ0n) is 9.28. The molecular formula is C6H12N2O7. The summed E-state index contributed by atoms with van der Waals surface area (Å²) in [7, 11) is 0. The predicted octanol–water partition coefficient (Wildman–Crippen LogP) is -4.71. The second-order valence-electron chi connectivity index (χ2n) is 2.88. The predicted molar refractivity (Wildman–Crippen MR) is 44.0 cm³/mol. The van der Waals surface area contributed by atoms with Crippen molar-refractivity contribution in [3.8, 4) is 0 Å². The quantitative estimate of drug-likeness (QED) is 0.165. The van der Waals surface area contributed by atoms with Crippen molar-refractivity contribution < 1.29 is 37.9 Å². The molecule has 0 saturated heterocycles. The van der Waals surface area contributed by atoms with E-state index in [0.29, 0.717) is 0 Å². The number of carboxylic acid groups (broad SMARTS) is 1. The maximum atomic E-state index is 10.5. The molecule has 0 heterocycles. The standard InChI is InChI=1S/C6H12N2O7/c7-5(14,1-9)6(8,15)3(11)2(10)4(12)13/h1-3,10-11,14-15H,7-8H2,(H,12,13)/t2-,3+,5+,6-/m0/s1/i/hD2. The lowest BCUT2D eigenvalue weighted by Crippen LogP contribution is -2.75. The zero-order chi connectivity index (χ0) is 13.9. The summed E-state index contributed by atoms with van der Waals surface area (Å²) < 4.78 is 13.3. The molecule has 9 heteroatoms. The van der Waals surface area contributed by atoms with Crippen LogP contribution in [0.25, 0.3) is 0 Å². The van der Waals surface area contributed by atoms with Gasteiger partial charge in [0.2, 0.25) is 5.72 Å². The molecule has 0 aromatic rings. The van der Waals surface area contributed by atoms with Gasteiger partial charge in [-0.1, -0.05) is 0 Å². The fourth-order valence-corrected chi connectivity index (χ4v) is 0.679. The van der Waals surface area contributed by atoms with E-state index < -0.39 is 35.9 Å². The highest BCUT2D eigenvalue weighted by Gasteiger charge is 2.53. The minimum atomic E-state index is -3.31. The number of carbonyl (C=O) groups is 2. The number of nitrogens with two attached hydrogens (primary N) is 2. The van der Waals surface area contributed by atoms with Crippen molar-refractivity contribution >= 4 is 12.3 Å². The van der Waals surface area contributed by atoms with E-state index in [9.17, 15) is 24.9 Å². The van der Waals surface area contributed by atoms with Crippen molar-refractivity contribution in [1.82, 2.24) is 0 Å². The lowest BCUT2D eigenvalue weighted by atomic mass is 9.92. The van der Waals surface area contributed by atoms with Gasteiger partial charge in [-0.05, 0) is 0 Å². The third-order valence-corrected chi connectivity index (χ3v) is 1.73. The first-order valence-electron chi connectivity index (χ1n) is 4.58. The van der Waals surface area contributed by atoms with Gasteiger partial charge in [-0.25, -0.2) is 4.79 Å². The first-order valence-corrected chi connectivity index (χ1v) is 3.58. The van der Waals surface area contributed by atoms with Gasteiger partial charge in [0.15, 0.2) is 18.1 Å². The van der Waals surface area contributed by atoms with Gasteiger partial charge in [-0.2, -0.15) is 0 Å². The van der Waals surface area contributed by atoms with Crippen LogP contribution in [-0.2, 0) is 9.59 Å². The van der Waals surface area contributed by atoms with Crippen LogP contribution in [0.1, 0.15) is 0 Å². The normalized spacial score (nSPS) is 25.1. The first-order chi connectivity index (χ1) is 7.70. The van der Waals surface area contributed by atoms with Crippen LogP contribution in [0, 0.1) is 0 Å². The second kappa shape index (κ2) is 4.18. The van der Waals surface area contributed by atoms with Gasteiger partial charge < -0.3 is 25.5 Å². The van der Waals surface area contributed by atoms with Crippen molar-refractivity contribution in [3.63, 3.8) is 0 Å². The van der Waals surface area contributed by atoms with E-state index in [2.05, 4.69) is 0 Å². The summed E-state index contributed by atoms with van der Waals surface area (Å²) in [4.78, 5) is 20.9. The minimum Gasteiger partial charge on any atom is -0.479 e. The topological polar surface area (TPSA) is 187 Å². The third kappa shape index (κ3) is 2.47. The van der Waals surface area contributed by atoms with Crippen LogP contribution in [0.3, 0.4) is 0 Å². The summed E-state index contributed by atoms with van der Waals surface area (Å²) >= 11 is 0. The van der Waals surface area contributed by atoms with Crippen LogP contribution in [0.5, 0.6) is 0 Å². The number of hydrogen-bond acceptors (Lipinski definition) is 8. The highest BCUT2D eigenvalue weighted by Crippen LogP contribution is 2.17. The summed E-state index contributed by atoms with van der Waals surface area (Å²) in [5.74, 6) is -1.97. The van der Waals surface area contributed by atoms with Crippen molar-refractivity contribution in [2.45, 2.75) is 23.7 Å². The smallest absolute Gasteiger partial charge is 0.335 e. The van der Waals surface area contributed by atoms with Crippen LogP contribution in [0.2, 0.25) is 2.82 Å². The van der Waals surface area contributed by atoms with Gasteiger partial charge in [-0.3, -0.25) is 16.2 Å². The number of rotatable bonds is 7. The van der Waals surface area contributed by atoms with E-state index >= 15 is 0 Å². The van der Waals surface area contributed by atoms with Gasteiger partial charge >= 0.3 is 5.97 Å². The van der Waals surface area contributed by atoms with Crippen molar-refractivity contribution in [2.24, 2.45) is 11.5 Å². The molecule has 0 rings (SSSR count). The van der Waals surface area contributed by atoms with Crippen molar-refractivity contribution in [1.29, 1.82) is 0 Å². The van der Waals surface area contributed by atoms with Crippen LogP contribution < -0.4 is 11.5 Å². The molecule has 0 saturated carbocycles. The Morgan fingerprint density at radius 1 is 1.40 bits per heavy atom. The Morgan fingerprint density at radius 2 is 1.93 bits per heavy atom. The molecule has 0 amide bonds. The first kappa shape index (κ1) is 10.4. The number of hydrogen-bond donors (Lipinski definition) is 7. The average Bonchev–Trinajstić information content (AvgIpc) is 2.34. The Bertz CT molecular complexity index is 306. The molecule has 0 bridgehead atoms. The van der Waals surface area contributed by atoms with E-state index in [4.69, 9.17) is 13.0 Å². The molecule has 9 nitrogen and oxygen atoms in total. The number of aliphatic hydroxyl groups is 4. The molecule has 0 fully saturated rings. The minimum absolute atomic E-state index is 0.445. The fraction of sp³-hybridized carbons (Fsp3) is 0.667. The van der Waals surface area contributed by atoms with Gasteiger partial charge in [0.1, 0.15) is 8.93 Å². The van der Waals surface area contributed by atoms with Crippen LogP contribution in [0.4, 0.5) is 0 Å². The SMILES string of the molecule is [2H]N[C@@](O)(C=O)[C@](O)(N[2H])[C@H](O)[C@H](O)C(=O)O. The number of aliphatic hydroxyl groups excluding tert-OH is 2. The molecule has 15 heavy (non-hydrogen) atoms. The monoisotopic (exact) mass is 226 g/mol. The number of carboxylic acids is 1. The summed E-state index contributed by atoms with van der Waals surface area (Å²) in [5, 5.41) is 45.6. The number of aliphatic carboxylic acids is 1. The molecule has 0 spiro atoms. The van der Waals surface area contributed by atoms with E-state index in [1.165, 1.54) is 0 Å². The molecular weight excluding hydrogens is 212 g/mol. The molecule has 9 N–H and O–H groups in total. The lowest BCUT2D eigenvalue weighted by Gasteiger charge is -2.37. The molecule has 0 aromatic carbocycles. The van der Waals surface area contributed by atoms with Crippen LogP contribution >= 0.6 is 0 Å². The Labute approximate surface area is 86.5 Å². The Balaban J connectivity index is 5.41. The summed E-state index contributed by atoms with van der Waals surface area (Å²) in [5.41, 5.74) is -4.25. The van der Waals surface area contributed by atoms with Crippen LogP contribution in [0.15, 0.2) is 0 Å². The van der Waals surface area contributed by atoms with Crippen molar-refractivity contribution in [3.05, 3.63) is 0 Å². The Kier molecular flexibility index (Phi) is 2.90. The fourth-order valence-electron chi connectivity index (χ4n) is 0.679. The highest BCUT2D eigenvalue weighted by molar-refractivity contribution is 5.73. The molecule has 0 unspecified atom stereocenters. The van der Waals surface area contributed by atoms with Crippen molar-refractivity contribution in [2.75, 3.05) is 0 Å². The molecule has 0 aliphatic heterocycles. The van der Waals surface area contributed by atoms with E-state index in [0.717, 1.165) is 11.5 Å². The summed E-state index contributed by atoms with van der Waals surface area (Å²) in [6.45, 7) is 0. The molecule has 0 radical (unpaired) electrons. The highest BCUT2D eigenvalue weighted by atomic mass is 16.4. The second-order valence-corrected chi connectivity index (χ2v) is 2.88. The third-order valence-electron chi connectivity index (χ3n) is 1.73. The Morgan fingerprint density at radius 3 is 2.20 bits per heavy atom. The van der Waals surface area contributed by atoms with E-state index in [1.54, 1.807) is 0 Å². The van der Waals surface area contributed by atoms with E-state index in [1.807, 2.05) is 0 Å². The van der Waals surface area contributed by atoms with Gasteiger partial charge in [0.05, 0.1) is 0 Å². The van der Waals surface area contributed by atoms with Gasteiger partial charge in [-0.15, -0.1) is 0 Å². The number of carbonyl (C=O) groups excluding carboxylic acids is 1. The molecule has 88 valence electrons. The molecule has 0 aliphatic carbocycles.